The number of aryl methyl sites for hydroxylation is 2. The molecule has 92 valence electrons. The summed E-state index contributed by atoms with van der Waals surface area (Å²) < 4.78 is 0. The maximum atomic E-state index is 12.5. The Morgan fingerprint density at radius 1 is 1.06 bits per heavy atom. The molecule has 0 radical (unpaired) electrons. The number of thiophene rings is 1. The van der Waals surface area contributed by atoms with Crippen LogP contribution in [0.5, 0.6) is 0 Å². The van der Waals surface area contributed by atoms with Gasteiger partial charge in [-0.2, -0.15) is 0 Å². The van der Waals surface area contributed by atoms with Crippen molar-refractivity contribution in [3.05, 3.63) is 21.4 Å². The molecule has 0 unspecified atom stereocenters. The standard InChI is InChI=1S/C15H20OS/c16-15(11-6-3-1-2-4-7-11)14-10-12-8-5-9-13(12)17-14/h10-11H,1-9H2. The second-order valence-electron chi connectivity index (χ2n) is 5.47. The Kier molecular flexibility index (Phi) is 3.32. The highest BCUT2D eigenvalue weighted by Gasteiger charge is 2.25. The molecule has 2 aliphatic carbocycles. The molecular formula is C15H20OS. The molecular weight excluding hydrogens is 228 g/mol. The van der Waals surface area contributed by atoms with E-state index < -0.39 is 0 Å². The minimum Gasteiger partial charge on any atom is -0.293 e. The first kappa shape index (κ1) is 11.5. The van der Waals surface area contributed by atoms with Crippen molar-refractivity contribution >= 4 is 17.1 Å². The molecule has 0 atom stereocenters. The summed E-state index contributed by atoms with van der Waals surface area (Å²) in [6, 6.07) is 2.19. The van der Waals surface area contributed by atoms with Crippen molar-refractivity contribution in [1.29, 1.82) is 0 Å². The van der Waals surface area contributed by atoms with E-state index in [2.05, 4.69) is 6.07 Å². The fourth-order valence-electron chi connectivity index (χ4n) is 3.19. The van der Waals surface area contributed by atoms with Gasteiger partial charge in [-0.1, -0.05) is 25.7 Å². The van der Waals surface area contributed by atoms with E-state index >= 15 is 0 Å². The molecule has 0 spiro atoms. The van der Waals surface area contributed by atoms with Gasteiger partial charge in [0, 0.05) is 10.8 Å². The van der Waals surface area contributed by atoms with Gasteiger partial charge in [0.2, 0.25) is 0 Å². The third kappa shape index (κ3) is 2.33. The van der Waals surface area contributed by atoms with Gasteiger partial charge in [-0.3, -0.25) is 4.79 Å². The average Bonchev–Trinajstić information content (AvgIpc) is 2.80. The van der Waals surface area contributed by atoms with E-state index in [0.29, 0.717) is 11.7 Å². The molecule has 2 heteroatoms. The lowest BCUT2D eigenvalue weighted by Crippen LogP contribution is -2.12. The molecule has 1 aromatic heterocycles. The zero-order chi connectivity index (χ0) is 11.7. The zero-order valence-electron chi connectivity index (χ0n) is 10.3. The number of fused-ring (bicyclic) bond motifs is 1. The minimum absolute atomic E-state index is 0.330. The second-order valence-corrected chi connectivity index (χ2v) is 6.60. The van der Waals surface area contributed by atoms with Crippen molar-refractivity contribution < 1.29 is 4.79 Å². The summed E-state index contributed by atoms with van der Waals surface area (Å²) in [5, 5.41) is 0. The van der Waals surface area contributed by atoms with E-state index in [1.165, 1.54) is 55.4 Å². The molecule has 0 amide bonds. The summed E-state index contributed by atoms with van der Waals surface area (Å²) in [6.45, 7) is 0. The van der Waals surface area contributed by atoms with Crippen LogP contribution in [-0.4, -0.2) is 5.78 Å². The highest BCUT2D eigenvalue weighted by atomic mass is 32.1. The zero-order valence-corrected chi connectivity index (χ0v) is 11.2. The first-order valence-electron chi connectivity index (χ1n) is 7.00. The SMILES string of the molecule is O=C(c1cc2c(s1)CCC2)C1CCCCCC1. The number of carbonyl (C=O) groups is 1. The van der Waals surface area contributed by atoms with E-state index in [4.69, 9.17) is 0 Å². The highest BCUT2D eigenvalue weighted by molar-refractivity contribution is 7.14. The number of carbonyl (C=O) groups excluding carboxylic acids is 1. The molecule has 1 fully saturated rings. The van der Waals surface area contributed by atoms with E-state index in [1.807, 2.05) is 0 Å². The minimum atomic E-state index is 0.330. The summed E-state index contributed by atoms with van der Waals surface area (Å²) >= 11 is 1.78. The van der Waals surface area contributed by atoms with Gasteiger partial charge in [-0.15, -0.1) is 11.3 Å². The van der Waals surface area contributed by atoms with Gasteiger partial charge in [-0.05, 0) is 43.7 Å². The lowest BCUT2D eigenvalue weighted by molar-refractivity contribution is 0.0912. The molecule has 17 heavy (non-hydrogen) atoms. The predicted molar refractivity (Wildman–Crippen MR) is 71.9 cm³/mol. The van der Waals surface area contributed by atoms with Gasteiger partial charge in [-0.25, -0.2) is 0 Å². The summed E-state index contributed by atoms with van der Waals surface area (Å²) in [5.41, 5.74) is 1.46. The van der Waals surface area contributed by atoms with Crippen LogP contribution >= 0.6 is 11.3 Å². The average molecular weight is 248 g/mol. The Balaban J connectivity index is 1.75. The summed E-state index contributed by atoms with van der Waals surface area (Å²) in [7, 11) is 0. The molecule has 0 saturated heterocycles. The largest absolute Gasteiger partial charge is 0.293 e. The summed E-state index contributed by atoms with van der Waals surface area (Å²) in [4.78, 5) is 15.0. The number of hydrogen-bond donors (Lipinski definition) is 0. The van der Waals surface area contributed by atoms with Crippen LogP contribution in [0.3, 0.4) is 0 Å². The van der Waals surface area contributed by atoms with Crippen LogP contribution < -0.4 is 0 Å². The van der Waals surface area contributed by atoms with Gasteiger partial charge < -0.3 is 0 Å². The molecule has 0 bridgehead atoms. The number of hydrogen-bond acceptors (Lipinski definition) is 2. The van der Waals surface area contributed by atoms with E-state index in [9.17, 15) is 4.79 Å². The Labute approximate surface area is 107 Å². The predicted octanol–water partition coefficient (Wildman–Crippen LogP) is 4.39. The van der Waals surface area contributed by atoms with Crippen LogP contribution in [0.2, 0.25) is 0 Å². The molecule has 3 rings (SSSR count). The van der Waals surface area contributed by atoms with Crippen LogP contribution in [-0.2, 0) is 12.8 Å². The van der Waals surface area contributed by atoms with Gasteiger partial charge in [0.25, 0.3) is 0 Å². The first-order chi connectivity index (χ1) is 8.34. The van der Waals surface area contributed by atoms with E-state index in [-0.39, 0.29) is 0 Å². The molecule has 0 aliphatic heterocycles. The van der Waals surface area contributed by atoms with Crippen LogP contribution in [0.4, 0.5) is 0 Å². The van der Waals surface area contributed by atoms with Crippen molar-refractivity contribution in [3.63, 3.8) is 0 Å². The molecule has 1 nitrogen and oxygen atoms in total. The number of Topliss-reactive ketones (excluding diaryl/α,β-unsaturated/α-hetero) is 1. The number of ketones is 1. The summed E-state index contributed by atoms with van der Waals surface area (Å²) in [5.74, 6) is 0.780. The molecule has 2 aliphatic rings. The Bertz CT molecular complexity index is 389. The topological polar surface area (TPSA) is 17.1 Å². The van der Waals surface area contributed by atoms with Gasteiger partial charge >= 0.3 is 0 Å². The fraction of sp³-hybridized carbons (Fsp3) is 0.667. The van der Waals surface area contributed by atoms with E-state index in [1.54, 1.807) is 11.3 Å². The van der Waals surface area contributed by atoms with Crippen LogP contribution in [0, 0.1) is 5.92 Å². The van der Waals surface area contributed by atoms with Crippen molar-refractivity contribution in [1.82, 2.24) is 0 Å². The normalized spacial score (nSPS) is 21.2. The molecule has 1 heterocycles. The maximum absolute atomic E-state index is 12.5. The maximum Gasteiger partial charge on any atom is 0.175 e. The van der Waals surface area contributed by atoms with Crippen molar-refractivity contribution in [2.75, 3.05) is 0 Å². The Morgan fingerprint density at radius 2 is 1.82 bits per heavy atom. The third-order valence-corrected chi connectivity index (χ3v) is 5.47. The molecule has 1 aromatic rings. The van der Waals surface area contributed by atoms with Crippen molar-refractivity contribution in [3.8, 4) is 0 Å². The monoisotopic (exact) mass is 248 g/mol. The highest BCUT2D eigenvalue weighted by Crippen LogP contribution is 2.34. The van der Waals surface area contributed by atoms with Crippen LogP contribution in [0.15, 0.2) is 6.07 Å². The fourth-order valence-corrected chi connectivity index (χ4v) is 4.47. The van der Waals surface area contributed by atoms with Gasteiger partial charge in [0.05, 0.1) is 4.88 Å². The Hall–Kier alpha value is -0.630. The molecule has 1 saturated carbocycles. The first-order valence-corrected chi connectivity index (χ1v) is 7.82. The molecule has 0 N–H and O–H groups in total. The number of rotatable bonds is 2. The lowest BCUT2D eigenvalue weighted by Gasteiger charge is -2.10. The van der Waals surface area contributed by atoms with E-state index in [0.717, 1.165) is 17.7 Å². The smallest absolute Gasteiger partial charge is 0.175 e. The summed E-state index contributed by atoms with van der Waals surface area (Å²) in [6.07, 6.45) is 11.1. The third-order valence-electron chi connectivity index (χ3n) is 4.22. The molecule has 0 aromatic carbocycles. The quantitative estimate of drug-likeness (QED) is 0.560. The second kappa shape index (κ2) is 4.93. The van der Waals surface area contributed by atoms with Gasteiger partial charge in [0.1, 0.15) is 0 Å². The van der Waals surface area contributed by atoms with Gasteiger partial charge in [0.15, 0.2) is 5.78 Å². The Morgan fingerprint density at radius 3 is 2.53 bits per heavy atom. The van der Waals surface area contributed by atoms with Crippen LogP contribution in [0.25, 0.3) is 0 Å². The lowest BCUT2D eigenvalue weighted by atomic mass is 9.94. The van der Waals surface area contributed by atoms with Crippen LogP contribution in [0.1, 0.15) is 65.1 Å². The van der Waals surface area contributed by atoms with Crippen molar-refractivity contribution in [2.24, 2.45) is 5.92 Å². The van der Waals surface area contributed by atoms with Crippen molar-refractivity contribution in [2.45, 2.75) is 57.8 Å².